The van der Waals surface area contributed by atoms with Crippen LogP contribution in [-0.2, 0) is 19.1 Å². The Labute approximate surface area is 299 Å². The molecule has 5 aromatic rings. The molecule has 2 aromatic heterocycles. The van der Waals surface area contributed by atoms with Crippen LogP contribution < -0.4 is 10.6 Å². The van der Waals surface area contributed by atoms with E-state index in [1.807, 2.05) is 18.3 Å². The maximum atomic E-state index is 12.9. The van der Waals surface area contributed by atoms with E-state index in [0.717, 1.165) is 70.1 Å². The number of nitrogens with one attached hydrogen (secondary N) is 4. The summed E-state index contributed by atoms with van der Waals surface area (Å²) in [5.41, 5.74) is 5.83. The van der Waals surface area contributed by atoms with Crippen molar-refractivity contribution in [3.63, 3.8) is 0 Å². The Hall–Kier alpha value is -6.18. The summed E-state index contributed by atoms with van der Waals surface area (Å²) in [5, 5.41) is 7.10. The summed E-state index contributed by atoms with van der Waals surface area (Å²) in [4.78, 5) is 68.4. The molecule has 0 saturated carbocycles. The van der Waals surface area contributed by atoms with Crippen molar-refractivity contribution < 1.29 is 28.7 Å². The number of fused-ring (bicyclic) bond motifs is 1. The quantitative estimate of drug-likeness (QED) is 0.159. The highest BCUT2D eigenvalue weighted by Gasteiger charge is 2.33. The number of H-pyrrole nitrogens is 2. The molecule has 4 amide bonds. The van der Waals surface area contributed by atoms with Gasteiger partial charge in [0.15, 0.2) is 0 Å². The monoisotopic (exact) mass is 704 g/mol. The van der Waals surface area contributed by atoms with Crippen molar-refractivity contribution in [3.8, 4) is 33.6 Å². The van der Waals surface area contributed by atoms with E-state index >= 15 is 0 Å². The molecule has 14 nitrogen and oxygen atoms in total. The lowest BCUT2D eigenvalue weighted by molar-refractivity contribution is -0.132. The number of carbonyl (C=O) groups is 4. The second-order valence-electron chi connectivity index (χ2n) is 12.8. The van der Waals surface area contributed by atoms with Gasteiger partial charge in [-0.25, -0.2) is 19.6 Å². The number of nitrogens with zero attached hydrogens (tertiary/aromatic N) is 4. The Bertz CT molecular complexity index is 2110. The minimum Gasteiger partial charge on any atom is -0.453 e. The third kappa shape index (κ3) is 6.91. The standard InChI is InChI=1S/C38H40N8O6/c1-51-37(49)41-21-33(47)45-17-5-9-31(45)35-39-19-29(43-35)24-13-11-23(12-14-24)25-15-16-28(27-8-4-3-7-26(25)27)30-20-40-36(44-30)32-10-6-18-46(32)34(48)22-42-38(50)52-2/h3-4,7-8,11-16,19-20,31-32H,5-6,9-10,17-18,21-22H2,1-2H3,(H,39,43)(H,40,44)(H,41,49)(H,42,50). The number of hydrogen-bond donors (Lipinski definition) is 4. The predicted molar refractivity (Wildman–Crippen MR) is 193 cm³/mol. The average molecular weight is 705 g/mol. The lowest BCUT2D eigenvalue weighted by Gasteiger charge is -2.23. The van der Waals surface area contributed by atoms with Gasteiger partial charge in [-0.2, -0.15) is 0 Å². The van der Waals surface area contributed by atoms with Crippen LogP contribution in [0.25, 0.3) is 44.4 Å². The summed E-state index contributed by atoms with van der Waals surface area (Å²) in [5.74, 6) is 1.07. The van der Waals surface area contributed by atoms with Crippen molar-refractivity contribution in [2.45, 2.75) is 37.8 Å². The maximum absolute atomic E-state index is 12.9. The summed E-state index contributed by atoms with van der Waals surface area (Å²) >= 11 is 0. The molecule has 0 aliphatic carbocycles. The zero-order valence-electron chi connectivity index (χ0n) is 29.0. The van der Waals surface area contributed by atoms with E-state index in [-0.39, 0.29) is 37.0 Å². The molecular formula is C38H40N8O6. The smallest absolute Gasteiger partial charge is 0.407 e. The van der Waals surface area contributed by atoms with Gasteiger partial charge in [-0.15, -0.1) is 0 Å². The first kappa shape index (κ1) is 34.3. The molecule has 4 heterocycles. The largest absolute Gasteiger partial charge is 0.453 e. The van der Waals surface area contributed by atoms with Crippen LogP contribution in [0.15, 0.2) is 73.1 Å². The SMILES string of the molecule is COC(=O)NCC(=O)N1CCCC1c1ncc(-c2ccc(-c3ccc(-c4cnc(C5CCCN5C(=O)CNC(=O)OC)[nH]4)c4ccccc34)cc2)[nH]1. The number of aromatic nitrogens is 4. The number of ether oxygens (including phenoxy) is 2. The molecule has 52 heavy (non-hydrogen) atoms. The Morgan fingerprint density at radius 1 is 0.673 bits per heavy atom. The van der Waals surface area contributed by atoms with Crippen LogP contribution in [0, 0.1) is 0 Å². The molecule has 7 rings (SSSR count). The average Bonchev–Trinajstić information content (AvgIpc) is 4.02. The van der Waals surface area contributed by atoms with Gasteiger partial charge in [0, 0.05) is 18.7 Å². The number of rotatable bonds is 9. The first-order valence-electron chi connectivity index (χ1n) is 17.3. The van der Waals surface area contributed by atoms with Crippen LogP contribution in [0.3, 0.4) is 0 Å². The number of hydrogen-bond acceptors (Lipinski definition) is 8. The Balaban J connectivity index is 1.08. The van der Waals surface area contributed by atoms with Crippen molar-refractivity contribution in [2.24, 2.45) is 0 Å². The van der Waals surface area contributed by atoms with Crippen molar-refractivity contribution in [2.75, 3.05) is 40.4 Å². The van der Waals surface area contributed by atoms with E-state index in [4.69, 9.17) is 4.98 Å². The number of amides is 4. The highest BCUT2D eigenvalue weighted by Crippen LogP contribution is 2.38. The number of aromatic amines is 2. The fraction of sp³-hybridized carbons (Fsp3) is 0.316. The van der Waals surface area contributed by atoms with Crippen LogP contribution in [0.5, 0.6) is 0 Å². The Morgan fingerprint density at radius 2 is 1.15 bits per heavy atom. The molecule has 14 heteroatoms. The number of benzene rings is 3. The van der Waals surface area contributed by atoms with E-state index in [1.165, 1.54) is 14.2 Å². The number of imidazole rings is 2. The van der Waals surface area contributed by atoms with Gasteiger partial charge in [-0.1, -0.05) is 60.7 Å². The molecule has 2 aliphatic heterocycles. The van der Waals surface area contributed by atoms with Gasteiger partial charge in [0.2, 0.25) is 11.8 Å². The lowest BCUT2D eigenvalue weighted by Crippen LogP contribution is -2.40. The van der Waals surface area contributed by atoms with Gasteiger partial charge < -0.3 is 39.9 Å². The topological polar surface area (TPSA) is 175 Å². The highest BCUT2D eigenvalue weighted by atomic mass is 16.5. The number of alkyl carbamates (subject to hydrolysis) is 2. The summed E-state index contributed by atoms with van der Waals surface area (Å²) in [6.45, 7) is 0.936. The molecule has 2 saturated heterocycles. The number of methoxy groups -OCH3 is 2. The summed E-state index contributed by atoms with van der Waals surface area (Å²) in [6, 6.07) is 20.4. The van der Waals surface area contributed by atoms with Crippen LogP contribution >= 0.6 is 0 Å². The summed E-state index contributed by atoms with van der Waals surface area (Å²) in [6.07, 6.45) is 5.59. The predicted octanol–water partition coefficient (Wildman–Crippen LogP) is 5.33. The first-order valence-corrected chi connectivity index (χ1v) is 17.3. The van der Waals surface area contributed by atoms with Gasteiger partial charge in [0.25, 0.3) is 0 Å². The summed E-state index contributed by atoms with van der Waals surface area (Å²) in [7, 11) is 2.53. The molecule has 2 atom stereocenters. The lowest BCUT2D eigenvalue weighted by atomic mass is 9.93. The molecule has 2 fully saturated rings. The molecule has 0 bridgehead atoms. The molecule has 4 N–H and O–H groups in total. The minimum atomic E-state index is -0.640. The maximum Gasteiger partial charge on any atom is 0.407 e. The molecule has 0 radical (unpaired) electrons. The van der Waals surface area contributed by atoms with Gasteiger partial charge >= 0.3 is 12.2 Å². The van der Waals surface area contributed by atoms with E-state index in [1.54, 1.807) is 16.0 Å². The fourth-order valence-electron chi connectivity index (χ4n) is 7.25. The van der Waals surface area contributed by atoms with Gasteiger partial charge in [0.05, 0.1) is 50.1 Å². The first-order chi connectivity index (χ1) is 25.3. The van der Waals surface area contributed by atoms with Crippen LogP contribution in [0.4, 0.5) is 9.59 Å². The molecule has 268 valence electrons. The number of likely N-dealkylation sites (tertiary alicyclic amines) is 2. The van der Waals surface area contributed by atoms with Gasteiger partial charge in [-0.05, 0) is 53.1 Å². The van der Waals surface area contributed by atoms with Crippen LogP contribution in [0.2, 0.25) is 0 Å². The molecule has 2 unspecified atom stereocenters. The third-order valence-corrected chi connectivity index (χ3v) is 9.83. The Morgan fingerprint density at radius 3 is 1.71 bits per heavy atom. The van der Waals surface area contributed by atoms with Crippen molar-refractivity contribution >= 4 is 34.8 Å². The highest BCUT2D eigenvalue weighted by molar-refractivity contribution is 6.04. The van der Waals surface area contributed by atoms with E-state index < -0.39 is 12.2 Å². The van der Waals surface area contributed by atoms with Gasteiger partial charge in [-0.3, -0.25) is 9.59 Å². The second-order valence-corrected chi connectivity index (χ2v) is 12.8. The number of carbonyl (C=O) groups excluding carboxylic acids is 4. The zero-order valence-corrected chi connectivity index (χ0v) is 29.0. The molecule has 2 aliphatic rings. The van der Waals surface area contributed by atoms with E-state index in [2.05, 4.69) is 83.6 Å². The molecule has 0 spiro atoms. The normalized spacial score (nSPS) is 17.0. The Kier molecular flexibility index (Phi) is 9.87. The van der Waals surface area contributed by atoms with Crippen LogP contribution in [-0.4, -0.2) is 94.1 Å². The molecular weight excluding hydrogens is 664 g/mol. The van der Waals surface area contributed by atoms with E-state index in [0.29, 0.717) is 24.7 Å². The molecule has 3 aromatic carbocycles. The zero-order chi connectivity index (χ0) is 36.2. The second kappa shape index (κ2) is 15.0. The minimum absolute atomic E-state index is 0.128. The van der Waals surface area contributed by atoms with E-state index in [9.17, 15) is 19.2 Å². The van der Waals surface area contributed by atoms with Crippen molar-refractivity contribution in [3.05, 3.63) is 84.7 Å². The van der Waals surface area contributed by atoms with Crippen LogP contribution in [0.1, 0.15) is 49.4 Å². The van der Waals surface area contributed by atoms with Crippen molar-refractivity contribution in [1.29, 1.82) is 0 Å². The third-order valence-electron chi connectivity index (χ3n) is 9.83. The van der Waals surface area contributed by atoms with Gasteiger partial charge in [0.1, 0.15) is 24.7 Å². The fourth-order valence-corrected chi connectivity index (χ4v) is 7.25. The van der Waals surface area contributed by atoms with Crippen molar-refractivity contribution in [1.82, 2.24) is 40.4 Å². The summed E-state index contributed by atoms with van der Waals surface area (Å²) < 4.78 is 9.18.